The molecule has 0 bridgehead atoms. The van der Waals surface area contributed by atoms with E-state index >= 15 is 0 Å². The molecule has 2 heterocycles. The molecule has 0 spiro atoms. The Balaban J connectivity index is 2.62. The van der Waals surface area contributed by atoms with Crippen LogP contribution in [0.15, 0.2) is 15.8 Å². The zero-order valence-electron chi connectivity index (χ0n) is 25.2. The lowest BCUT2D eigenvalue weighted by molar-refractivity contribution is -0.0788. The topological polar surface area (TPSA) is 126 Å². The second-order valence-corrected chi connectivity index (χ2v) is 16.1. The summed E-state index contributed by atoms with van der Waals surface area (Å²) in [5.74, 6) is 0. The van der Waals surface area contributed by atoms with Crippen molar-refractivity contribution in [3.05, 3.63) is 44.0 Å². The number of nitrogens with one attached hydrogen (secondary N) is 1. The first-order valence-electron chi connectivity index (χ1n) is 13.6. The molecule has 1 aliphatic rings. The van der Waals surface area contributed by atoms with Crippen molar-refractivity contribution < 1.29 is 27.8 Å². The average Bonchev–Trinajstić information content (AvgIpc) is 3.17. The van der Waals surface area contributed by atoms with E-state index in [1.54, 1.807) is 27.4 Å². The summed E-state index contributed by atoms with van der Waals surface area (Å²) in [6.45, 7) is 23.2. The quantitative estimate of drug-likeness (QED) is 0.170. The van der Waals surface area contributed by atoms with E-state index in [0.29, 0.717) is 18.6 Å². The fourth-order valence-electron chi connectivity index (χ4n) is 4.45. The van der Waals surface area contributed by atoms with Crippen molar-refractivity contribution in [3.63, 3.8) is 0 Å². The third-order valence-corrected chi connectivity index (χ3v) is 11.3. The number of H-pyrrole nitrogens is 1. The van der Waals surface area contributed by atoms with Crippen LogP contribution in [0.2, 0.25) is 0 Å². The van der Waals surface area contributed by atoms with Crippen molar-refractivity contribution in [2.75, 3.05) is 46.8 Å². The molecular weight excluding hydrogens is 558 g/mol. The molecule has 40 heavy (non-hydrogen) atoms. The van der Waals surface area contributed by atoms with E-state index in [1.807, 2.05) is 34.6 Å². The van der Waals surface area contributed by atoms with Crippen molar-refractivity contribution in [3.8, 4) is 0 Å². The number of aromatic nitrogens is 2. The first-order valence-corrected chi connectivity index (χ1v) is 17.4. The van der Waals surface area contributed by atoms with Crippen LogP contribution in [0.25, 0.3) is 4.85 Å². The standard InChI is InChI=1S/C26H46N4O8P2/c1-17(2)30(18(3)4)39(36-12-11-27-7)38-22-21(15-20(6)40(9,10)33)37-25(23(22)35-14-13-34-8)29-16-19(5)24(31)28-26(29)32/h16-18,20-23,25H,11-15H2,1-6,8-10H3,(H,28,31,32)/t20?,21-,22-,23-,25-,39?/m1/s1. The van der Waals surface area contributed by atoms with Gasteiger partial charge in [-0.1, -0.05) is 6.92 Å². The summed E-state index contributed by atoms with van der Waals surface area (Å²) >= 11 is 0. The maximum atomic E-state index is 13.0. The Labute approximate surface area is 238 Å². The minimum absolute atomic E-state index is 0.0679. The first kappa shape index (κ1) is 34.8. The number of rotatable bonds is 16. The molecule has 1 saturated heterocycles. The second kappa shape index (κ2) is 15.7. The van der Waals surface area contributed by atoms with Gasteiger partial charge in [0.25, 0.3) is 14.1 Å². The second-order valence-electron chi connectivity index (χ2n) is 11.0. The highest BCUT2D eigenvalue weighted by molar-refractivity contribution is 7.63. The smallest absolute Gasteiger partial charge is 0.330 e. The molecule has 6 atom stereocenters. The highest BCUT2D eigenvalue weighted by Gasteiger charge is 2.50. The number of hydrogen-bond acceptors (Lipinski definition) is 9. The third kappa shape index (κ3) is 9.30. The van der Waals surface area contributed by atoms with Gasteiger partial charge in [0.15, 0.2) is 6.23 Å². The summed E-state index contributed by atoms with van der Waals surface area (Å²) in [5, 5.41) is 0. The van der Waals surface area contributed by atoms with Gasteiger partial charge in [0.05, 0.1) is 26.5 Å². The van der Waals surface area contributed by atoms with Crippen LogP contribution in [0.1, 0.15) is 52.8 Å². The number of methoxy groups -OCH3 is 1. The number of hydrogen-bond donors (Lipinski definition) is 1. The summed E-state index contributed by atoms with van der Waals surface area (Å²) in [5.41, 5.74) is -0.966. The molecule has 0 aromatic carbocycles. The van der Waals surface area contributed by atoms with Gasteiger partial charge in [-0.05, 0) is 54.4 Å². The van der Waals surface area contributed by atoms with Gasteiger partial charge in [-0.2, -0.15) is 0 Å². The summed E-state index contributed by atoms with van der Waals surface area (Å²) in [4.78, 5) is 30.8. The van der Waals surface area contributed by atoms with E-state index in [-0.39, 0.29) is 37.5 Å². The highest BCUT2D eigenvalue weighted by atomic mass is 31.2. The molecule has 2 unspecified atom stereocenters. The molecule has 12 nitrogen and oxygen atoms in total. The molecule has 1 aromatic heterocycles. The van der Waals surface area contributed by atoms with Crippen LogP contribution in [0.4, 0.5) is 0 Å². The van der Waals surface area contributed by atoms with E-state index in [2.05, 4.69) is 14.5 Å². The van der Waals surface area contributed by atoms with E-state index < -0.39 is 51.5 Å². The molecule has 14 heteroatoms. The molecule has 1 N–H and O–H groups in total. The third-order valence-electron chi connectivity index (χ3n) is 6.80. The summed E-state index contributed by atoms with van der Waals surface area (Å²) in [6, 6.07) is 0.136. The van der Waals surface area contributed by atoms with E-state index in [1.165, 1.54) is 10.8 Å². The van der Waals surface area contributed by atoms with Crippen LogP contribution >= 0.6 is 15.7 Å². The predicted octanol–water partition coefficient (Wildman–Crippen LogP) is 3.84. The van der Waals surface area contributed by atoms with E-state index in [9.17, 15) is 14.2 Å². The molecule has 0 radical (unpaired) electrons. The molecule has 1 aliphatic heterocycles. The normalized spacial score (nSPS) is 23.2. The Kier molecular flexibility index (Phi) is 13.7. The summed E-state index contributed by atoms with van der Waals surface area (Å²) in [7, 11) is -2.60. The number of aryl methyl sites for hydroxylation is 1. The van der Waals surface area contributed by atoms with Crippen molar-refractivity contribution in [1.29, 1.82) is 0 Å². The zero-order valence-corrected chi connectivity index (χ0v) is 26.9. The van der Waals surface area contributed by atoms with E-state index in [0.717, 1.165) is 0 Å². The van der Waals surface area contributed by atoms with Crippen LogP contribution < -0.4 is 11.2 Å². The van der Waals surface area contributed by atoms with Gasteiger partial charge in [0, 0.05) is 36.6 Å². The Morgan fingerprint density at radius 3 is 2.35 bits per heavy atom. The monoisotopic (exact) mass is 604 g/mol. The van der Waals surface area contributed by atoms with Crippen LogP contribution in [-0.4, -0.2) is 97.1 Å². The molecule has 0 amide bonds. The van der Waals surface area contributed by atoms with Gasteiger partial charge in [0.2, 0.25) is 6.54 Å². The molecule has 1 fully saturated rings. The Morgan fingerprint density at radius 2 is 1.80 bits per heavy atom. The number of ether oxygens (including phenoxy) is 3. The SMILES string of the molecule is [C-]#[N+]CCOP(O[C@H]1[C@@H](OCCOC)[C@H](n2cc(C)c(=O)[nH]c2=O)O[C@@H]1CC(C)P(C)(C)=O)N(C(C)C)C(C)C. The number of aromatic amines is 1. The Morgan fingerprint density at radius 1 is 1.15 bits per heavy atom. The lowest BCUT2D eigenvalue weighted by Gasteiger charge is -2.38. The molecule has 2 rings (SSSR count). The zero-order chi connectivity index (χ0) is 30.2. The van der Waals surface area contributed by atoms with Crippen LogP contribution in [0, 0.1) is 13.5 Å². The van der Waals surface area contributed by atoms with Gasteiger partial charge >= 0.3 is 5.69 Å². The lowest BCUT2D eigenvalue weighted by Crippen LogP contribution is -2.42. The van der Waals surface area contributed by atoms with Crippen LogP contribution in [-0.2, 0) is 27.8 Å². The fourth-order valence-corrected chi connectivity index (χ4v) is 6.93. The van der Waals surface area contributed by atoms with Gasteiger partial charge in [0.1, 0.15) is 18.8 Å². The fraction of sp³-hybridized carbons (Fsp3) is 0.808. The Hall–Kier alpha value is -1.41. The molecular formula is C26H46N4O8P2. The molecule has 0 saturated carbocycles. The highest BCUT2D eigenvalue weighted by Crippen LogP contribution is 2.52. The van der Waals surface area contributed by atoms with Gasteiger partial charge in [-0.3, -0.25) is 14.3 Å². The average molecular weight is 605 g/mol. The summed E-state index contributed by atoms with van der Waals surface area (Å²) < 4.78 is 47.3. The maximum Gasteiger partial charge on any atom is 0.330 e. The molecule has 0 aliphatic carbocycles. The van der Waals surface area contributed by atoms with Crippen molar-refractivity contribution in [1.82, 2.24) is 14.2 Å². The Bertz CT molecular complexity index is 1140. The van der Waals surface area contributed by atoms with E-state index in [4.69, 9.17) is 29.8 Å². The molecule has 1 aromatic rings. The van der Waals surface area contributed by atoms with Crippen molar-refractivity contribution in [2.24, 2.45) is 0 Å². The van der Waals surface area contributed by atoms with Crippen LogP contribution in [0.5, 0.6) is 0 Å². The van der Waals surface area contributed by atoms with Crippen LogP contribution in [0.3, 0.4) is 0 Å². The van der Waals surface area contributed by atoms with Crippen molar-refractivity contribution in [2.45, 2.75) is 90.2 Å². The van der Waals surface area contributed by atoms with Gasteiger partial charge in [-0.25, -0.2) is 16.0 Å². The largest absolute Gasteiger partial charge is 0.382 e. The summed E-state index contributed by atoms with van der Waals surface area (Å²) in [6.07, 6.45) is -1.18. The first-order chi connectivity index (χ1) is 18.7. The minimum atomic E-state index is -2.49. The minimum Gasteiger partial charge on any atom is -0.382 e. The maximum absolute atomic E-state index is 13.0. The molecule has 228 valence electrons. The number of nitrogens with zero attached hydrogens (tertiary/aromatic N) is 3. The van der Waals surface area contributed by atoms with Gasteiger partial charge < -0.3 is 32.7 Å². The lowest BCUT2D eigenvalue weighted by atomic mass is 10.1. The predicted molar refractivity (Wildman–Crippen MR) is 156 cm³/mol. The van der Waals surface area contributed by atoms with Crippen molar-refractivity contribution >= 4 is 15.7 Å². The van der Waals surface area contributed by atoms with Gasteiger partial charge in [-0.15, -0.1) is 0 Å².